The van der Waals surface area contributed by atoms with Gasteiger partial charge >= 0.3 is 126 Å². The molecule has 20 heavy (non-hydrogen) atoms. The molecule has 114 valence electrons. The molecular weight excluding hydrogens is 615 g/mol. The fourth-order valence-corrected chi connectivity index (χ4v) is 3.28. The van der Waals surface area contributed by atoms with Crippen LogP contribution in [0.5, 0.6) is 0 Å². The fourth-order valence-electron chi connectivity index (χ4n) is 1.10. The molecule has 0 saturated carbocycles. The van der Waals surface area contributed by atoms with Crippen LogP contribution in [-0.4, -0.2) is 40.6 Å². The van der Waals surface area contributed by atoms with Gasteiger partial charge in [-0.05, 0) is 0 Å². The molecule has 0 fully saturated rings. The molecule has 0 aliphatic rings. The van der Waals surface area contributed by atoms with Crippen LogP contribution in [0.15, 0.2) is 0 Å². The predicted octanol–water partition coefficient (Wildman–Crippen LogP) is -3.28. The van der Waals surface area contributed by atoms with E-state index in [-0.39, 0.29) is 58.5 Å². The summed E-state index contributed by atoms with van der Waals surface area (Å²) in [5, 5.41) is 0. The van der Waals surface area contributed by atoms with E-state index in [0.717, 1.165) is 28.6 Å². The minimum absolute atomic E-state index is 0. The van der Waals surface area contributed by atoms with Crippen molar-refractivity contribution in [3.63, 3.8) is 0 Å². The SMILES string of the molecule is CC=[N+]=C[C-]=O.[CH2-]CSCCC(C[I-]N)CC(N)=O.[U+2]. The van der Waals surface area contributed by atoms with Gasteiger partial charge in [-0.3, -0.25) is 0 Å². The van der Waals surface area contributed by atoms with Gasteiger partial charge in [-0.2, -0.15) is 6.29 Å². The van der Waals surface area contributed by atoms with Crippen molar-refractivity contribution in [3.05, 3.63) is 6.92 Å². The van der Waals surface area contributed by atoms with Gasteiger partial charge in [-0.25, -0.2) is 0 Å². The van der Waals surface area contributed by atoms with Crippen molar-refractivity contribution in [2.45, 2.75) is 19.8 Å². The van der Waals surface area contributed by atoms with Gasteiger partial charge < -0.3 is 4.79 Å². The van der Waals surface area contributed by atoms with Gasteiger partial charge in [0.25, 0.3) is 6.21 Å². The van der Waals surface area contributed by atoms with Gasteiger partial charge in [0.2, 0.25) is 0 Å². The quantitative estimate of drug-likeness (QED) is 0.0528. The van der Waals surface area contributed by atoms with Crippen LogP contribution in [0.25, 0.3) is 0 Å². The summed E-state index contributed by atoms with van der Waals surface area (Å²) in [6.07, 6.45) is 5.62. The average Bonchev–Trinajstić information content (AvgIpc) is 2.37. The van der Waals surface area contributed by atoms with E-state index in [4.69, 9.17) is 9.68 Å². The smallest absolute Gasteiger partial charge is 2.00 e. The van der Waals surface area contributed by atoms with Crippen molar-refractivity contribution < 1.29 is 62.2 Å². The number of primary amides is 1. The second-order valence-corrected chi connectivity index (χ2v) is 6.39. The average molecular weight is 637 g/mol. The van der Waals surface area contributed by atoms with E-state index in [0.29, 0.717) is 12.3 Å². The summed E-state index contributed by atoms with van der Waals surface area (Å²) in [6.45, 7) is 5.47. The molecule has 1 unspecified atom stereocenters. The number of nitrogens with zero attached hydrogens (tertiary/aromatic N) is 1. The van der Waals surface area contributed by atoms with Crippen LogP contribution in [0.3, 0.4) is 0 Å². The molecule has 0 aromatic rings. The first-order valence-corrected chi connectivity index (χ1v) is 9.65. The Morgan fingerprint density at radius 3 is 2.60 bits per heavy atom. The Balaban J connectivity index is -0.000000352. The standard InChI is InChI=1S/C8H17IN2OS.C4H5NO.U/c1-2-13-4-3-7(6-9-11)5-8(10)12;1-2-5-3-4-6;/h7H,1-6,11H2,(H2,10,12);2-3H,1H3;/q-2;;+2. The zero-order chi connectivity index (χ0) is 14.9. The molecule has 0 heterocycles. The molecule has 0 aromatic heterocycles. The molecular formula is C12H22IN3O2SU. The minimum Gasteiger partial charge on any atom is 2.00 e. The molecule has 0 saturated heterocycles. The van der Waals surface area contributed by atoms with Crippen molar-refractivity contribution in [1.29, 1.82) is 0 Å². The molecule has 0 aliphatic carbocycles. The number of hydrogen-bond donors (Lipinski definition) is 2. The summed E-state index contributed by atoms with van der Waals surface area (Å²) in [7, 11) is 0. The third-order valence-electron chi connectivity index (χ3n) is 1.89. The molecule has 1 atom stereocenters. The summed E-state index contributed by atoms with van der Waals surface area (Å²) in [5.41, 5.74) is 5.14. The number of amides is 1. The van der Waals surface area contributed by atoms with Gasteiger partial charge in [0.05, 0.1) is 0 Å². The van der Waals surface area contributed by atoms with Crippen LogP contribution in [0.1, 0.15) is 19.8 Å². The number of alkyl halides is 1. The first-order valence-electron chi connectivity index (χ1n) is 5.72. The molecule has 0 aliphatic heterocycles. The zero-order valence-electron chi connectivity index (χ0n) is 11.7. The Labute approximate surface area is 160 Å². The molecule has 0 bridgehead atoms. The van der Waals surface area contributed by atoms with Crippen molar-refractivity contribution in [2.75, 3.05) is 15.9 Å². The van der Waals surface area contributed by atoms with E-state index in [1.165, 1.54) is 12.5 Å². The molecule has 0 spiro atoms. The number of carbonyl (C=O) groups excluding carboxylic acids is 2. The number of nitrogens with two attached hydrogens (primary N) is 2. The molecule has 0 radical (unpaired) electrons. The predicted molar refractivity (Wildman–Crippen MR) is 79.3 cm³/mol. The van der Waals surface area contributed by atoms with Crippen LogP contribution in [0, 0.1) is 44.0 Å². The van der Waals surface area contributed by atoms with Crippen molar-refractivity contribution >= 4 is 36.4 Å². The van der Waals surface area contributed by atoms with Gasteiger partial charge in [0.1, 0.15) is 0 Å². The van der Waals surface area contributed by atoms with Gasteiger partial charge in [0.15, 0.2) is 6.21 Å². The molecule has 0 rings (SSSR count). The van der Waals surface area contributed by atoms with Gasteiger partial charge in [0, 0.05) is 6.92 Å². The summed E-state index contributed by atoms with van der Waals surface area (Å²) in [4.78, 5) is 20.0. The Bertz CT molecular complexity index is 300. The van der Waals surface area contributed by atoms with Crippen LogP contribution in [-0.2, 0) is 9.59 Å². The summed E-state index contributed by atoms with van der Waals surface area (Å²) >= 11 is 1.58. The van der Waals surface area contributed by atoms with Crippen LogP contribution >= 0.6 is 11.8 Å². The number of thioether (sulfide) groups is 1. The Morgan fingerprint density at radius 1 is 1.60 bits per heavy atom. The summed E-state index contributed by atoms with van der Waals surface area (Å²) in [5.74, 6) is 2.16. The third-order valence-corrected chi connectivity index (χ3v) is 4.46. The van der Waals surface area contributed by atoms with Crippen LogP contribution < -0.4 is 35.8 Å². The molecule has 8 heteroatoms. The second-order valence-electron chi connectivity index (χ2n) is 3.40. The van der Waals surface area contributed by atoms with E-state index in [2.05, 4.69) is 11.6 Å². The minimum atomic E-state index is -0.220. The van der Waals surface area contributed by atoms with E-state index in [1.54, 1.807) is 18.7 Å². The van der Waals surface area contributed by atoms with Gasteiger partial charge in [-0.15, -0.1) is 4.67 Å². The molecule has 4 N–H and O–H groups in total. The number of rotatable bonds is 9. The van der Waals surface area contributed by atoms with E-state index in [1.807, 2.05) is 0 Å². The zero-order valence-corrected chi connectivity index (χ0v) is 18.8. The number of carbonyl (C=O) groups is 1. The number of hydrogen-bond acceptors (Lipinski definition) is 4. The largest absolute Gasteiger partial charge is 2.00 e. The monoisotopic (exact) mass is 637 g/mol. The summed E-state index contributed by atoms with van der Waals surface area (Å²) < 4.78 is 9.96. The van der Waals surface area contributed by atoms with Gasteiger partial charge in [-0.1, -0.05) is 0 Å². The topological polar surface area (TPSA) is 100 Å². The van der Waals surface area contributed by atoms with Crippen LogP contribution in [0.2, 0.25) is 0 Å². The normalized spacial score (nSPS) is 10.2. The maximum absolute atomic E-state index is 10.7. The first-order chi connectivity index (χ1) is 9.12. The molecule has 1 amide bonds. The van der Waals surface area contributed by atoms with E-state index in [9.17, 15) is 9.59 Å². The van der Waals surface area contributed by atoms with Crippen molar-refractivity contribution in [3.8, 4) is 0 Å². The molecule has 0 aromatic carbocycles. The van der Waals surface area contributed by atoms with Crippen LogP contribution in [0.4, 0.5) is 0 Å². The maximum Gasteiger partial charge on any atom is 2.00 e. The van der Waals surface area contributed by atoms with E-state index < -0.39 is 0 Å². The number of halogens is 1. The first kappa shape index (κ1) is 25.6. The Kier molecular flexibility index (Phi) is 28.2. The maximum atomic E-state index is 10.7. The molecule has 5 nitrogen and oxygen atoms in total. The Morgan fingerprint density at radius 2 is 2.25 bits per heavy atom. The second kappa shape index (κ2) is 22.0. The third kappa shape index (κ3) is 23.8. The fraction of sp³-hybridized carbons (Fsp3) is 0.583. The van der Waals surface area contributed by atoms with Crippen molar-refractivity contribution in [1.82, 2.24) is 4.67 Å². The summed E-state index contributed by atoms with van der Waals surface area (Å²) in [6, 6.07) is 0. The van der Waals surface area contributed by atoms with Crippen molar-refractivity contribution in [2.24, 2.45) is 15.6 Å². The van der Waals surface area contributed by atoms with E-state index >= 15 is 0 Å². The Hall–Kier alpha value is 0.682.